The van der Waals surface area contributed by atoms with Crippen molar-refractivity contribution in [3.63, 3.8) is 0 Å². The van der Waals surface area contributed by atoms with E-state index in [2.05, 4.69) is 9.72 Å². The van der Waals surface area contributed by atoms with Crippen molar-refractivity contribution < 1.29 is 19.1 Å². The van der Waals surface area contributed by atoms with Gasteiger partial charge in [-0.15, -0.1) is 11.3 Å². The monoisotopic (exact) mass is 255 g/mol. The topological polar surface area (TPSA) is 65.5 Å². The molecule has 1 aromatic rings. The molecule has 0 spiro atoms. The van der Waals surface area contributed by atoms with Crippen molar-refractivity contribution in [3.05, 3.63) is 21.7 Å². The number of carbonyl (C=O) groups is 2. The summed E-state index contributed by atoms with van der Waals surface area (Å²) in [5.41, 5.74) is 0.595. The number of esters is 2. The Morgan fingerprint density at radius 2 is 2.18 bits per heavy atom. The second kappa shape index (κ2) is 6.15. The third-order valence-corrected chi connectivity index (χ3v) is 2.94. The summed E-state index contributed by atoms with van der Waals surface area (Å²) in [5, 5.41) is 0.566. The van der Waals surface area contributed by atoms with Crippen molar-refractivity contribution >= 4 is 29.4 Å². The number of aryl methyl sites for hydroxylation is 1. The number of rotatable bonds is 4. The molecule has 0 N–H and O–H groups in total. The van der Waals surface area contributed by atoms with Crippen LogP contribution in [0.3, 0.4) is 0 Å². The smallest absolute Gasteiger partial charge is 0.350 e. The third kappa shape index (κ3) is 3.67. The first-order chi connectivity index (χ1) is 8.08. The molecule has 0 aliphatic carbocycles. The molecule has 0 aliphatic heterocycles. The average molecular weight is 255 g/mol. The molecule has 1 rings (SSSR count). The average Bonchev–Trinajstić information content (AvgIpc) is 2.68. The van der Waals surface area contributed by atoms with Gasteiger partial charge in [0.05, 0.1) is 19.4 Å². The van der Waals surface area contributed by atoms with Crippen LogP contribution in [0.25, 0.3) is 6.08 Å². The zero-order chi connectivity index (χ0) is 12.8. The lowest BCUT2D eigenvalue weighted by molar-refractivity contribution is -0.134. The van der Waals surface area contributed by atoms with E-state index in [1.54, 1.807) is 13.8 Å². The van der Waals surface area contributed by atoms with E-state index in [1.165, 1.54) is 30.6 Å². The fraction of sp³-hybridized carbons (Fsp3) is 0.364. The van der Waals surface area contributed by atoms with Gasteiger partial charge in [-0.2, -0.15) is 0 Å². The van der Waals surface area contributed by atoms with Crippen molar-refractivity contribution in [3.8, 4) is 0 Å². The lowest BCUT2D eigenvalue weighted by Crippen LogP contribution is -2.03. The molecule has 6 heteroatoms. The van der Waals surface area contributed by atoms with Gasteiger partial charge in [-0.1, -0.05) is 0 Å². The van der Waals surface area contributed by atoms with E-state index in [1.807, 2.05) is 0 Å². The van der Waals surface area contributed by atoms with Crippen LogP contribution in [0.1, 0.15) is 27.3 Å². The van der Waals surface area contributed by atoms with Crippen LogP contribution in [-0.2, 0) is 14.3 Å². The van der Waals surface area contributed by atoms with Crippen LogP contribution in [-0.4, -0.2) is 30.6 Å². The number of hydrogen-bond donors (Lipinski definition) is 0. The largest absolute Gasteiger partial charge is 0.466 e. The first-order valence-electron chi connectivity index (χ1n) is 4.99. The highest BCUT2D eigenvalue weighted by molar-refractivity contribution is 7.14. The molecule has 1 aromatic heterocycles. The van der Waals surface area contributed by atoms with Gasteiger partial charge in [0.25, 0.3) is 0 Å². The van der Waals surface area contributed by atoms with Crippen LogP contribution < -0.4 is 0 Å². The second-order valence-electron chi connectivity index (χ2n) is 3.04. The first-order valence-corrected chi connectivity index (χ1v) is 5.80. The zero-order valence-corrected chi connectivity index (χ0v) is 10.7. The summed E-state index contributed by atoms with van der Waals surface area (Å²) in [5.74, 6) is -0.851. The van der Waals surface area contributed by atoms with Gasteiger partial charge in [0.15, 0.2) is 0 Å². The summed E-state index contributed by atoms with van der Waals surface area (Å²) < 4.78 is 9.34. The normalized spacial score (nSPS) is 10.5. The highest BCUT2D eigenvalue weighted by atomic mass is 32.1. The number of carbonyl (C=O) groups excluding carboxylic acids is 2. The molecule has 0 amide bonds. The third-order valence-electron chi connectivity index (χ3n) is 1.84. The first kappa shape index (κ1) is 13.4. The molecule has 0 saturated heterocycles. The van der Waals surface area contributed by atoms with Gasteiger partial charge in [-0.3, -0.25) is 0 Å². The Balaban J connectivity index is 2.85. The fourth-order valence-electron chi connectivity index (χ4n) is 1.08. The summed E-state index contributed by atoms with van der Waals surface area (Å²) in [6.45, 7) is 3.79. The predicted molar refractivity (Wildman–Crippen MR) is 63.9 cm³/mol. The predicted octanol–water partition coefficient (Wildman–Crippen LogP) is 1.81. The Bertz CT molecular complexity index is 450. The number of ether oxygens (including phenoxy) is 2. The van der Waals surface area contributed by atoms with E-state index in [9.17, 15) is 9.59 Å². The van der Waals surface area contributed by atoms with E-state index < -0.39 is 5.97 Å². The van der Waals surface area contributed by atoms with E-state index >= 15 is 0 Å². The van der Waals surface area contributed by atoms with E-state index in [0.717, 1.165) is 0 Å². The van der Waals surface area contributed by atoms with E-state index in [4.69, 9.17) is 4.74 Å². The molecule has 0 unspecified atom stereocenters. The number of nitrogens with zero attached hydrogens (tertiary/aromatic N) is 1. The maximum atomic E-state index is 11.5. The Morgan fingerprint density at radius 1 is 1.47 bits per heavy atom. The molecule has 0 bridgehead atoms. The van der Waals surface area contributed by atoms with E-state index in [0.29, 0.717) is 22.2 Å². The highest BCUT2D eigenvalue weighted by Gasteiger charge is 2.15. The molecular weight excluding hydrogens is 242 g/mol. The van der Waals surface area contributed by atoms with Crippen LogP contribution in [0.5, 0.6) is 0 Å². The van der Waals surface area contributed by atoms with E-state index in [-0.39, 0.29) is 5.97 Å². The highest BCUT2D eigenvalue weighted by Crippen LogP contribution is 2.20. The molecule has 17 heavy (non-hydrogen) atoms. The summed E-state index contributed by atoms with van der Waals surface area (Å²) in [6, 6.07) is 0. The molecule has 0 fully saturated rings. The maximum Gasteiger partial charge on any atom is 0.350 e. The summed E-state index contributed by atoms with van der Waals surface area (Å²) in [4.78, 5) is 27.0. The number of thiazole rings is 1. The number of hydrogen-bond acceptors (Lipinski definition) is 6. The molecule has 0 radical (unpaired) electrons. The molecule has 5 nitrogen and oxygen atoms in total. The molecule has 0 aliphatic rings. The Kier molecular flexibility index (Phi) is 4.84. The Labute approximate surface area is 103 Å². The van der Waals surface area contributed by atoms with Gasteiger partial charge in [-0.05, 0) is 19.9 Å². The van der Waals surface area contributed by atoms with Crippen LogP contribution in [0, 0.1) is 6.92 Å². The second-order valence-corrected chi connectivity index (χ2v) is 4.07. The van der Waals surface area contributed by atoms with Gasteiger partial charge >= 0.3 is 11.9 Å². The molecule has 0 saturated carbocycles. The van der Waals surface area contributed by atoms with Gasteiger partial charge in [0, 0.05) is 6.08 Å². The summed E-state index contributed by atoms with van der Waals surface area (Å²) >= 11 is 1.18. The van der Waals surface area contributed by atoms with Crippen LogP contribution >= 0.6 is 11.3 Å². The standard InChI is InChI=1S/C11H13NO4S/c1-4-16-11(14)10-7(2)12-8(17-10)5-6-9(13)15-3/h5-6H,4H2,1-3H3. The molecular formula is C11H13NO4S. The molecule has 1 heterocycles. The van der Waals surface area contributed by atoms with Crippen LogP contribution in [0.15, 0.2) is 6.08 Å². The lowest BCUT2D eigenvalue weighted by Gasteiger charge is -1.97. The van der Waals surface area contributed by atoms with Crippen molar-refractivity contribution in [1.29, 1.82) is 0 Å². The lowest BCUT2D eigenvalue weighted by atomic mass is 10.4. The number of aromatic nitrogens is 1. The van der Waals surface area contributed by atoms with Gasteiger partial charge in [0.1, 0.15) is 9.88 Å². The van der Waals surface area contributed by atoms with Crippen molar-refractivity contribution in [1.82, 2.24) is 4.98 Å². The van der Waals surface area contributed by atoms with Crippen LogP contribution in [0.2, 0.25) is 0 Å². The molecule has 92 valence electrons. The maximum absolute atomic E-state index is 11.5. The van der Waals surface area contributed by atoms with Gasteiger partial charge in [-0.25, -0.2) is 14.6 Å². The Hall–Kier alpha value is -1.69. The fourth-order valence-corrected chi connectivity index (χ4v) is 1.95. The summed E-state index contributed by atoms with van der Waals surface area (Å²) in [6.07, 6.45) is 2.76. The van der Waals surface area contributed by atoms with Gasteiger partial charge in [0.2, 0.25) is 0 Å². The van der Waals surface area contributed by atoms with Crippen LogP contribution in [0.4, 0.5) is 0 Å². The SMILES string of the molecule is CCOC(=O)c1sc(C=CC(=O)OC)nc1C. The zero-order valence-electron chi connectivity index (χ0n) is 9.85. The summed E-state index contributed by atoms with van der Waals surface area (Å²) in [7, 11) is 1.30. The molecule has 0 aromatic carbocycles. The van der Waals surface area contributed by atoms with Crippen molar-refractivity contribution in [2.45, 2.75) is 13.8 Å². The van der Waals surface area contributed by atoms with Crippen molar-refractivity contribution in [2.24, 2.45) is 0 Å². The minimum Gasteiger partial charge on any atom is -0.466 e. The quantitative estimate of drug-likeness (QED) is 0.606. The number of methoxy groups -OCH3 is 1. The Morgan fingerprint density at radius 3 is 2.76 bits per heavy atom. The van der Waals surface area contributed by atoms with Gasteiger partial charge < -0.3 is 9.47 Å². The molecule has 0 atom stereocenters. The minimum absolute atomic E-state index is 0.323. The minimum atomic E-state index is -0.462. The van der Waals surface area contributed by atoms with Crippen molar-refractivity contribution in [2.75, 3.05) is 13.7 Å².